The largest absolute Gasteiger partial charge is 0.347 e. The first-order chi connectivity index (χ1) is 13.7. The van der Waals surface area contributed by atoms with Crippen molar-refractivity contribution >= 4 is 33.2 Å². The van der Waals surface area contributed by atoms with E-state index in [1.54, 1.807) is 42.9 Å². The summed E-state index contributed by atoms with van der Waals surface area (Å²) in [4.78, 5) is 29.5. The van der Waals surface area contributed by atoms with Crippen LogP contribution in [0.15, 0.2) is 61.1 Å². The van der Waals surface area contributed by atoms with Crippen LogP contribution < -0.4 is 10.6 Å². The number of nitrogens with zero attached hydrogens (tertiary/aromatic N) is 2. The molecule has 3 aromatic heterocycles. The summed E-state index contributed by atoms with van der Waals surface area (Å²) >= 11 is 1.41. The van der Waals surface area contributed by atoms with Crippen LogP contribution in [-0.2, 0) is 13.1 Å². The first-order valence-corrected chi connectivity index (χ1v) is 9.48. The fourth-order valence-electron chi connectivity index (χ4n) is 2.75. The number of benzene rings is 1. The molecule has 0 saturated carbocycles. The van der Waals surface area contributed by atoms with Gasteiger partial charge in [-0.1, -0.05) is 12.1 Å². The molecule has 1 aromatic carbocycles. The zero-order chi connectivity index (χ0) is 19.3. The third-order valence-electron chi connectivity index (χ3n) is 4.19. The highest BCUT2D eigenvalue weighted by Gasteiger charge is 2.11. The van der Waals surface area contributed by atoms with Crippen molar-refractivity contribution in [1.29, 1.82) is 0 Å². The molecule has 0 aliphatic carbocycles. The van der Waals surface area contributed by atoms with Crippen molar-refractivity contribution in [3.8, 4) is 0 Å². The summed E-state index contributed by atoms with van der Waals surface area (Å²) in [5.74, 6) is -0.324. The molecule has 0 atom stereocenters. The summed E-state index contributed by atoms with van der Waals surface area (Å²) in [6, 6.07) is 12.7. The van der Waals surface area contributed by atoms with Crippen LogP contribution in [0.1, 0.15) is 31.3 Å². The second-order valence-corrected chi connectivity index (χ2v) is 7.26. The van der Waals surface area contributed by atoms with Gasteiger partial charge in [-0.15, -0.1) is 11.3 Å². The SMILES string of the molecule is O=C(NCc1ccn[nH]1)c1cccc(CNC(=O)c2cc3ccncc3s2)c1. The van der Waals surface area contributed by atoms with E-state index in [1.807, 2.05) is 18.2 Å². The van der Waals surface area contributed by atoms with Crippen molar-refractivity contribution in [1.82, 2.24) is 25.8 Å². The number of H-pyrrole nitrogens is 1. The van der Waals surface area contributed by atoms with Gasteiger partial charge >= 0.3 is 0 Å². The molecule has 3 N–H and O–H groups in total. The third-order valence-corrected chi connectivity index (χ3v) is 5.27. The molecule has 0 spiro atoms. The topological polar surface area (TPSA) is 99.8 Å². The quantitative estimate of drug-likeness (QED) is 0.470. The molecular formula is C20H17N5O2S. The van der Waals surface area contributed by atoms with Gasteiger partial charge in [0.25, 0.3) is 11.8 Å². The van der Waals surface area contributed by atoms with Crippen molar-refractivity contribution in [3.63, 3.8) is 0 Å². The molecule has 140 valence electrons. The molecule has 0 unspecified atom stereocenters. The van der Waals surface area contributed by atoms with Crippen LogP contribution in [0.5, 0.6) is 0 Å². The number of carbonyl (C=O) groups excluding carboxylic acids is 2. The Labute approximate surface area is 164 Å². The number of pyridine rings is 1. The lowest BCUT2D eigenvalue weighted by molar-refractivity contribution is 0.0946. The average Bonchev–Trinajstić information content (AvgIpc) is 3.40. The summed E-state index contributed by atoms with van der Waals surface area (Å²) in [5.41, 5.74) is 2.22. The van der Waals surface area contributed by atoms with Gasteiger partial charge in [0.05, 0.1) is 21.8 Å². The molecule has 0 bridgehead atoms. The first-order valence-electron chi connectivity index (χ1n) is 8.66. The molecule has 0 aliphatic rings. The Morgan fingerprint density at radius 1 is 1.00 bits per heavy atom. The van der Waals surface area contributed by atoms with Crippen molar-refractivity contribution in [2.24, 2.45) is 0 Å². The summed E-state index contributed by atoms with van der Waals surface area (Å²) < 4.78 is 0.976. The molecule has 2 amide bonds. The Morgan fingerprint density at radius 2 is 1.89 bits per heavy atom. The molecule has 28 heavy (non-hydrogen) atoms. The third kappa shape index (κ3) is 4.07. The van der Waals surface area contributed by atoms with Gasteiger partial charge in [0.2, 0.25) is 0 Å². The van der Waals surface area contributed by atoms with E-state index in [2.05, 4.69) is 25.8 Å². The second-order valence-electron chi connectivity index (χ2n) is 6.17. The van der Waals surface area contributed by atoms with E-state index in [9.17, 15) is 9.59 Å². The van der Waals surface area contributed by atoms with Gasteiger partial charge in [-0.3, -0.25) is 19.7 Å². The van der Waals surface area contributed by atoms with Gasteiger partial charge in [-0.25, -0.2) is 0 Å². The summed E-state index contributed by atoms with van der Waals surface area (Å²) in [6.45, 7) is 0.716. The lowest BCUT2D eigenvalue weighted by Crippen LogP contribution is -2.24. The monoisotopic (exact) mass is 391 g/mol. The Hall–Kier alpha value is -3.52. The van der Waals surface area contributed by atoms with Crippen molar-refractivity contribution in [2.45, 2.75) is 13.1 Å². The fraction of sp³-hybridized carbons (Fsp3) is 0.100. The predicted molar refractivity (Wildman–Crippen MR) is 107 cm³/mol. The van der Waals surface area contributed by atoms with Gasteiger partial charge < -0.3 is 10.6 Å². The number of carbonyl (C=O) groups is 2. The number of thiophene rings is 1. The molecule has 0 saturated heterocycles. The van der Waals surface area contributed by atoms with E-state index in [1.165, 1.54) is 11.3 Å². The molecule has 7 nitrogen and oxygen atoms in total. The lowest BCUT2D eigenvalue weighted by Gasteiger charge is -2.07. The zero-order valence-corrected chi connectivity index (χ0v) is 15.6. The maximum absolute atomic E-state index is 12.4. The van der Waals surface area contributed by atoms with Crippen LogP contribution in [0.2, 0.25) is 0 Å². The second kappa shape index (κ2) is 8.01. The van der Waals surface area contributed by atoms with Crippen molar-refractivity contribution in [3.05, 3.63) is 82.8 Å². The highest BCUT2D eigenvalue weighted by atomic mass is 32.1. The van der Waals surface area contributed by atoms with Crippen LogP contribution in [0.25, 0.3) is 10.1 Å². The van der Waals surface area contributed by atoms with E-state index in [0.717, 1.165) is 21.3 Å². The van der Waals surface area contributed by atoms with Crippen LogP contribution >= 0.6 is 11.3 Å². The number of nitrogens with one attached hydrogen (secondary N) is 3. The molecule has 3 heterocycles. The normalized spacial score (nSPS) is 10.7. The van der Waals surface area contributed by atoms with Gasteiger partial charge in [-0.2, -0.15) is 5.10 Å². The van der Waals surface area contributed by atoms with E-state index in [0.29, 0.717) is 23.5 Å². The van der Waals surface area contributed by atoms with E-state index >= 15 is 0 Å². The van der Waals surface area contributed by atoms with Gasteiger partial charge in [-0.05, 0) is 41.3 Å². The number of amides is 2. The standard InChI is InChI=1S/C20H17N5O2S/c26-19(23-11-16-5-7-24-25-16)15-3-1-2-13(8-15)10-22-20(27)17-9-14-4-6-21-12-18(14)28-17/h1-9,12H,10-11H2,(H,22,27)(H,23,26)(H,24,25). The van der Waals surface area contributed by atoms with Crippen LogP contribution in [0.4, 0.5) is 0 Å². The number of hydrogen-bond acceptors (Lipinski definition) is 5. The maximum Gasteiger partial charge on any atom is 0.261 e. The number of fused-ring (bicyclic) bond motifs is 1. The highest BCUT2D eigenvalue weighted by Crippen LogP contribution is 2.24. The van der Waals surface area contributed by atoms with Crippen LogP contribution in [-0.4, -0.2) is 27.0 Å². The number of rotatable bonds is 6. The van der Waals surface area contributed by atoms with E-state index < -0.39 is 0 Å². The maximum atomic E-state index is 12.4. The van der Waals surface area contributed by atoms with E-state index in [4.69, 9.17) is 0 Å². The minimum absolute atomic E-state index is 0.143. The average molecular weight is 391 g/mol. The van der Waals surface area contributed by atoms with Gasteiger partial charge in [0.15, 0.2) is 0 Å². The van der Waals surface area contributed by atoms with Crippen LogP contribution in [0, 0.1) is 0 Å². The molecule has 4 aromatic rings. The summed E-state index contributed by atoms with van der Waals surface area (Å²) in [5, 5.41) is 13.4. The van der Waals surface area contributed by atoms with Crippen molar-refractivity contribution in [2.75, 3.05) is 0 Å². The predicted octanol–water partition coefficient (Wildman–Crippen LogP) is 2.88. The number of aromatic nitrogens is 3. The molecular weight excluding hydrogens is 374 g/mol. The number of hydrogen-bond donors (Lipinski definition) is 3. The molecule has 4 rings (SSSR count). The van der Waals surface area contributed by atoms with Gasteiger partial charge in [0, 0.05) is 30.7 Å². The lowest BCUT2D eigenvalue weighted by atomic mass is 10.1. The Balaban J connectivity index is 1.37. The fourth-order valence-corrected chi connectivity index (χ4v) is 3.70. The highest BCUT2D eigenvalue weighted by molar-refractivity contribution is 7.20. The van der Waals surface area contributed by atoms with Gasteiger partial charge in [0.1, 0.15) is 0 Å². The molecule has 0 fully saturated rings. The molecule has 0 radical (unpaired) electrons. The Kier molecular flexibility index (Phi) is 5.11. The molecule has 8 heteroatoms. The van der Waals surface area contributed by atoms with Crippen LogP contribution in [0.3, 0.4) is 0 Å². The number of aromatic amines is 1. The van der Waals surface area contributed by atoms with Crippen molar-refractivity contribution < 1.29 is 9.59 Å². The smallest absolute Gasteiger partial charge is 0.261 e. The zero-order valence-electron chi connectivity index (χ0n) is 14.8. The minimum Gasteiger partial charge on any atom is -0.347 e. The molecule has 0 aliphatic heterocycles. The Morgan fingerprint density at radius 3 is 2.71 bits per heavy atom. The Bertz CT molecular complexity index is 1090. The van der Waals surface area contributed by atoms with E-state index in [-0.39, 0.29) is 11.8 Å². The first kappa shape index (κ1) is 17.9. The summed E-state index contributed by atoms with van der Waals surface area (Å²) in [6.07, 6.45) is 5.10. The summed E-state index contributed by atoms with van der Waals surface area (Å²) in [7, 11) is 0. The minimum atomic E-state index is -0.181.